The van der Waals surface area contributed by atoms with Crippen molar-refractivity contribution in [3.63, 3.8) is 0 Å². The molecule has 0 aliphatic heterocycles. The Morgan fingerprint density at radius 2 is 1.85 bits per heavy atom. The third-order valence-electron chi connectivity index (χ3n) is 4.78. The van der Waals surface area contributed by atoms with E-state index in [0.29, 0.717) is 5.41 Å². The van der Waals surface area contributed by atoms with Gasteiger partial charge >= 0.3 is 0 Å². The zero-order chi connectivity index (χ0) is 10.2. The van der Waals surface area contributed by atoms with Crippen molar-refractivity contribution in [3.05, 3.63) is 0 Å². The maximum Gasteiger partial charge on any atom is -0.0264 e. The first-order chi connectivity index (χ1) is 5.93. The van der Waals surface area contributed by atoms with Crippen LogP contribution in [0.1, 0.15) is 54.4 Å². The Bertz CT molecular complexity index is 162. The fourth-order valence-electron chi connectivity index (χ4n) is 3.63. The molecule has 78 valence electrons. The van der Waals surface area contributed by atoms with E-state index < -0.39 is 0 Å². The van der Waals surface area contributed by atoms with Gasteiger partial charge in [0.05, 0.1) is 0 Å². The van der Waals surface area contributed by atoms with Crippen molar-refractivity contribution in [2.45, 2.75) is 54.4 Å². The van der Waals surface area contributed by atoms with Gasteiger partial charge in [0.25, 0.3) is 0 Å². The Balaban J connectivity index is 2.67. The standard InChI is InChI=1S/C13H26/c1-7-12-10(4)8-13(12,6)11(5)9(2)3/h9-12H,7-8H2,1-6H3. The van der Waals surface area contributed by atoms with E-state index in [9.17, 15) is 0 Å². The van der Waals surface area contributed by atoms with Gasteiger partial charge in [-0.2, -0.15) is 0 Å². The average Bonchev–Trinajstić information content (AvgIpc) is 2.02. The van der Waals surface area contributed by atoms with Crippen LogP contribution in [0.15, 0.2) is 0 Å². The van der Waals surface area contributed by atoms with E-state index in [2.05, 4.69) is 41.5 Å². The minimum Gasteiger partial charge on any atom is -0.0651 e. The highest BCUT2D eigenvalue weighted by Gasteiger charge is 2.50. The quantitative estimate of drug-likeness (QED) is 0.608. The second kappa shape index (κ2) is 3.63. The topological polar surface area (TPSA) is 0 Å². The van der Waals surface area contributed by atoms with Crippen molar-refractivity contribution < 1.29 is 0 Å². The van der Waals surface area contributed by atoms with Crippen molar-refractivity contribution in [2.75, 3.05) is 0 Å². The van der Waals surface area contributed by atoms with Gasteiger partial charge in [0.15, 0.2) is 0 Å². The number of hydrogen-bond acceptors (Lipinski definition) is 0. The summed E-state index contributed by atoms with van der Waals surface area (Å²) in [6.07, 6.45) is 2.82. The molecule has 0 aromatic rings. The summed E-state index contributed by atoms with van der Waals surface area (Å²) in [6, 6.07) is 0. The van der Waals surface area contributed by atoms with Crippen molar-refractivity contribution in [1.29, 1.82) is 0 Å². The highest BCUT2D eigenvalue weighted by atomic mass is 14.5. The molecule has 0 N–H and O–H groups in total. The van der Waals surface area contributed by atoms with Crippen LogP contribution in [0.25, 0.3) is 0 Å². The predicted octanol–water partition coefficient (Wildman–Crippen LogP) is 4.35. The molecule has 0 heterocycles. The van der Waals surface area contributed by atoms with Crippen LogP contribution in [-0.4, -0.2) is 0 Å². The third-order valence-corrected chi connectivity index (χ3v) is 4.78. The summed E-state index contributed by atoms with van der Waals surface area (Å²) in [5.41, 5.74) is 0.641. The van der Waals surface area contributed by atoms with E-state index in [-0.39, 0.29) is 0 Å². The summed E-state index contributed by atoms with van der Waals surface area (Å²) >= 11 is 0. The zero-order valence-electron chi connectivity index (χ0n) is 10.2. The van der Waals surface area contributed by atoms with Crippen LogP contribution in [0.4, 0.5) is 0 Å². The summed E-state index contributed by atoms with van der Waals surface area (Å²) in [6.45, 7) is 14.5. The monoisotopic (exact) mass is 182 g/mol. The minimum atomic E-state index is 0.641. The van der Waals surface area contributed by atoms with Gasteiger partial charge < -0.3 is 0 Å². The molecule has 1 rings (SSSR count). The van der Waals surface area contributed by atoms with Crippen molar-refractivity contribution >= 4 is 0 Å². The van der Waals surface area contributed by atoms with Gasteiger partial charge in [-0.1, -0.05) is 48.0 Å². The first kappa shape index (κ1) is 11.1. The molecule has 0 heteroatoms. The van der Waals surface area contributed by atoms with Crippen LogP contribution in [-0.2, 0) is 0 Å². The molecule has 4 unspecified atom stereocenters. The van der Waals surface area contributed by atoms with E-state index >= 15 is 0 Å². The molecule has 0 amide bonds. The molecule has 0 radical (unpaired) electrons. The fourth-order valence-corrected chi connectivity index (χ4v) is 3.63. The lowest BCUT2D eigenvalue weighted by molar-refractivity contribution is -0.0786. The Morgan fingerprint density at radius 3 is 2.15 bits per heavy atom. The molecule has 13 heavy (non-hydrogen) atoms. The lowest BCUT2D eigenvalue weighted by atomic mass is 9.48. The molecule has 1 aliphatic carbocycles. The largest absolute Gasteiger partial charge is 0.0651 e. The molecular weight excluding hydrogens is 156 g/mol. The molecule has 0 spiro atoms. The van der Waals surface area contributed by atoms with Gasteiger partial charge in [-0.05, 0) is 35.5 Å². The summed E-state index contributed by atoms with van der Waals surface area (Å²) in [5.74, 6) is 3.67. The minimum absolute atomic E-state index is 0.641. The van der Waals surface area contributed by atoms with Crippen LogP contribution < -0.4 is 0 Å². The highest BCUT2D eigenvalue weighted by molar-refractivity contribution is 4.99. The molecule has 1 saturated carbocycles. The summed E-state index contributed by atoms with van der Waals surface area (Å²) in [4.78, 5) is 0. The van der Waals surface area contributed by atoms with E-state index in [1.807, 2.05) is 0 Å². The van der Waals surface area contributed by atoms with Gasteiger partial charge in [0.2, 0.25) is 0 Å². The van der Waals surface area contributed by atoms with Crippen LogP contribution in [0.2, 0.25) is 0 Å². The number of rotatable bonds is 3. The number of hydrogen-bond donors (Lipinski definition) is 0. The Morgan fingerprint density at radius 1 is 1.31 bits per heavy atom. The van der Waals surface area contributed by atoms with Gasteiger partial charge in [-0.3, -0.25) is 0 Å². The van der Waals surface area contributed by atoms with Gasteiger partial charge in [0, 0.05) is 0 Å². The third kappa shape index (κ3) is 1.65. The molecule has 4 atom stereocenters. The second-order valence-corrected chi connectivity index (χ2v) is 5.73. The SMILES string of the molecule is CCC1C(C)CC1(C)C(C)C(C)C. The summed E-state index contributed by atoms with van der Waals surface area (Å²) < 4.78 is 0. The molecule has 0 bridgehead atoms. The van der Waals surface area contributed by atoms with Crippen LogP contribution in [0.3, 0.4) is 0 Å². The van der Waals surface area contributed by atoms with E-state index in [0.717, 1.165) is 23.7 Å². The van der Waals surface area contributed by atoms with Crippen molar-refractivity contribution in [1.82, 2.24) is 0 Å². The average molecular weight is 182 g/mol. The van der Waals surface area contributed by atoms with Gasteiger partial charge in [0.1, 0.15) is 0 Å². The smallest absolute Gasteiger partial charge is 0.0264 e. The maximum absolute atomic E-state index is 2.51. The molecule has 0 nitrogen and oxygen atoms in total. The van der Waals surface area contributed by atoms with Crippen LogP contribution in [0, 0.1) is 29.1 Å². The normalized spacial score (nSPS) is 41.8. The molecule has 0 saturated heterocycles. The van der Waals surface area contributed by atoms with Crippen LogP contribution >= 0.6 is 0 Å². The van der Waals surface area contributed by atoms with E-state index in [1.165, 1.54) is 12.8 Å². The van der Waals surface area contributed by atoms with Crippen molar-refractivity contribution in [3.8, 4) is 0 Å². The highest BCUT2D eigenvalue weighted by Crippen LogP contribution is 2.58. The molecule has 0 aromatic carbocycles. The second-order valence-electron chi connectivity index (χ2n) is 5.73. The molecule has 1 aliphatic rings. The zero-order valence-corrected chi connectivity index (χ0v) is 10.2. The summed E-state index contributed by atoms with van der Waals surface area (Å²) in [7, 11) is 0. The maximum atomic E-state index is 2.51. The van der Waals surface area contributed by atoms with E-state index in [1.54, 1.807) is 0 Å². The molecule has 1 fully saturated rings. The van der Waals surface area contributed by atoms with Gasteiger partial charge in [-0.15, -0.1) is 0 Å². The molecule has 0 aromatic heterocycles. The molecular formula is C13H26. The van der Waals surface area contributed by atoms with Crippen LogP contribution in [0.5, 0.6) is 0 Å². The fraction of sp³-hybridized carbons (Fsp3) is 1.00. The lowest BCUT2D eigenvalue weighted by Gasteiger charge is -2.57. The lowest BCUT2D eigenvalue weighted by Crippen LogP contribution is -2.49. The van der Waals surface area contributed by atoms with Crippen molar-refractivity contribution in [2.24, 2.45) is 29.1 Å². The predicted molar refractivity (Wildman–Crippen MR) is 59.7 cm³/mol. The first-order valence-corrected chi connectivity index (χ1v) is 5.93. The Hall–Kier alpha value is 0. The summed E-state index contributed by atoms with van der Waals surface area (Å²) in [5, 5.41) is 0. The first-order valence-electron chi connectivity index (χ1n) is 5.93. The Kier molecular flexibility index (Phi) is 3.09. The Labute approximate surface area is 84.1 Å². The van der Waals surface area contributed by atoms with E-state index in [4.69, 9.17) is 0 Å². The van der Waals surface area contributed by atoms with Gasteiger partial charge in [-0.25, -0.2) is 0 Å².